The molecule has 26 heavy (non-hydrogen) atoms. The summed E-state index contributed by atoms with van der Waals surface area (Å²) in [7, 11) is 5.02. The summed E-state index contributed by atoms with van der Waals surface area (Å²) in [5.41, 5.74) is 1.22. The molecular weight excluding hydrogens is 368 g/mol. The van der Waals surface area contributed by atoms with Crippen LogP contribution in [-0.2, 0) is 14.9 Å². The van der Waals surface area contributed by atoms with Gasteiger partial charge in [0.2, 0.25) is 0 Å². The zero-order valence-corrected chi connectivity index (χ0v) is 17.4. The molecular formula is C20H28O4S2. The summed E-state index contributed by atoms with van der Waals surface area (Å²) >= 11 is 4.17. The van der Waals surface area contributed by atoms with Gasteiger partial charge >= 0.3 is 0 Å². The van der Waals surface area contributed by atoms with Crippen molar-refractivity contribution in [2.24, 2.45) is 0 Å². The maximum atomic E-state index is 5.63. The molecule has 1 fully saturated rings. The van der Waals surface area contributed by atoms with Crippen LogP contribution in [0.5, 0.6) is 11.5 Å². The SMILES string of the molecule is COCOCCC1(c2ccc(OC)c(OC)c2)C=CC2(CC1)SCCS2. The van der Waals surface area contributed by atoms with Gasteiger partial charge in [-0.05, 0) is 37.0 Å². The average molecular weight is 397 g/mol. The molecule has 0 bridgehead atoms. The van der Waals surface area contributed by atoms with Gasteiger partial charge < -0.3 is 18.9 Å². The quantitative estimate of drug-likeness (QED) is 0.366. The second kappa shape index (κ2) is 8.91. The minimum Gasteiger partial charge on any atom is -0.493 e. The maximum absolute atomic E-state index is 5.63. The highest BCUT2D eigenvalue weighted by Crippen LogP contribution is 2.54. The molecule has 0 aromatic heterocycles. The Kier molecular flexibility index (Phi) is 6.83. The maximum Gasteiger partial charge on any atom is 0.161 e. The van der Waals surface area contributed by atoms with Gasteiger partial charge in [0, 0.05) is 24.0 Å². The Morgan fingerprint density at radius 2 is 1.73 bits per heavy atom. The summed E-state index contributed by atoms with van der Waals surface area (Å²) in [6.45, 7) is 1.00. The largest absolute Gasteiger partial charge is 0.493 e. The minimum absolute atomic E-state index is 0.0394. The monoisotopic (exact) mass is 396 g/mol. The third-order valence-corrected chi connectivity index (χ3v) is 8.64. The number of thioether (sulfide) groups is 2. The Hall–Kier alpha value is -0.820. The standard InChI is InChI=1S/C20H28O4S2/c1-21-15-24-11-10-19(6-8-20(9-7-19)25-12-13-26-20)16-4-5-17(22-2)18(14-16)23-3/h4-6,8,14H,7,9-13,15H2,1-3H3. The lowest BCUT2D eigenvalue weighted by atomic mass is 9.71. The number of ether oxygens (including phenoxy) is 4. The second-order valence-electron chi connectivity index (χ2n) is 6.63. The highest BCUT2D eigenvalue weighted by atomic mass is 32.2. The van der Waals surface area contributed by atoms with E-state index in [9.17, 15) is 0 Å². The average Bonchev–Trinajstić information content (AvgIpc) is 3.15. The molecule has 1 aromatic carbocycles. The molecule has 1 aromatic rings. The van der Waals surface area contributed by atoms with Crippen LogP contribution in [-0.4, -0.2) is 50.3 Å². The van der Waals surface area contributed by atoms with Crippen molar-refractivity contribution in [2.75, 3.05) is 46.2 Å². The first-order chi connectivity index (χ1) is 12.7. The summed E-state index contributed by atoms with van der Waals surface area (Å²) < 4.78 is 21.9. The van der Waals surface area contributed by atoms with Crippen molar-refractivity contribution >= 4 is 23.5 Å². The third-order valence-electron chi connectivity index (χ3n) is 5.20. The van der Waals surface area contributed by atoms with Gasteiger partial charge in [-0.15, -0.1) is 23.5 Å². The molecule has 1 spiro atoms. The molecule has 0 radical (unpaired) electrons. The van der Waals surface area contributed by atoms with Crippen molar-refractivity contribution in [1.82, 2.24) is 0 Å². The van der Waals surface area contributed by atoms with Crippen LogP contribution in [0.3, 0.4) is 0 Å². The van der Waals surface area contributed by atoms with E-state index in [0.29, 0.717) is 13.4 Å². The fourth-order valence-corrected chi connectivity index (χ4v) is 6.71. The molecule has 4 nitrogen and oxygen atoms in total. The van der Waals surface area contributed by atoms with Crippen LogP contribution in [0.1, 0.15) is 24.8 Å². The van der Waals surface area contributed by atoms with Crippen LogP contribution >= 0.6 is 23.5 Å². The molecule has 1 heterocycles. The van der Waals surface area contributed by atoms with Crippen molar-refractivity contribution in [3.63, 3.8) is 0 Å². The molecule has 2 aliphatic rings. The smallest absolute Gasteiger partial charge is 0.161 e. The first-order valence-electron chi connectivity index (χ1n) is 8.94. The van der Waals surface area contributed by atoms with Gasteiger partial charge in [0.25, 0.3) is 0 Å². The van der Waals surface area contributed by atoms with E-state index < -0.39 is 0 Å². The van der Waals surface area contributed by atoms with Gasteiger partial charge in [-0.2, -0.15) is 0 Å². The topological polar surface area (TPSA) is 36.9 Å². The lowest BCUT2D eigenvalue weighted by Crippen LogP contribution is -2.33. The highest BCUT2D eigenvalue weighted by molar-refractivity contribution is 8.21. The van der Waals surface area contributed by atoms with Gasteiger partial charge in [-0.1, -0.05) is 18.2 Å². The Morgan fingerprint density at radius 1 is 0.962 bits per heavy atom. The minimum atomic E-state index is -0.0394. The number of methoxy groups -OCH3 is 3. The van der Waals surface area contributed by atoms with Crippen LogP contribution in [0.25, 0.3) is 0 Å². The summed E-state index contributed by atoms with van der Waals surface area (Å²) in [5.74, 6) is 4.03. The van der Waals surface area contributed by atoms with E-state index >= 15 is 0 Å². The Balaban J connectivity index is 1.88. The van der Waals surface area contributed by atoms with Crippen LogP contribution in [0.2, 0.25) is 0 Å². The molecule has 6 heteroatoms. The molecule has 1 unspecified atom stereocenters. The van der Waals surface area contributed by atoms with Crippen molar-refractivity contribution in [3.8, 4) is 11.5 Å². The Morgan fingerprint density at radius 3 is 2.35 bits per heavy atom. The summed E-state index contributed by atoms with van der Waals surface area (Å²) in [6, 6.07) is 6.28. The number of hydrogen-bond acceptors (Lipinski definition) is 6. The van der Waals surface area contributed by atoms with Crippen LogP contribution < -0.4 is 9.47 Å². The van der Waals surface area contributed by atoms with E-state index in [1.165, 1.54) is 23.5 Å². The Bertz CT molecular complexity index is 628. The van der Waals surface area contributed by atoms with Gasteiger partial charge in [0.15, 0.2) is 11.5 Å². The van der Waals surface area contributed by atoms with E-state index in [-0.39, 0.29) is 9.49 Å². The van der Waals surface area contributed by atoms with Crippen molar-refractivity contribution in [2.45, 2.75) is 28.8 Å². The fourth-order valence-electron chi connectivity index (χ4n) is 3.70. The number of rotatable bonds is 8. The fraction of sp³-hybridized carbons (Fsp3) is 0.600. The molecule has 1 aliphatic heterocycles. The van der Waals surface area contributed by atoms with E-state index in [1.807, 2.05) is 6.07 Å². The van der Waals surface area contributed by atoms with Crippen LogP contribution in [0, 0.1) is 0 Å². The normalized spacial score (nSPS) is 24.1. The predicted molar refractivity (Wildman–Crippen MR) is 110 cm³/mol. The van der Waals surface area contributed by atoms with E-state index in [4.69, 9.17) is 18.9 Å². The number of benzene rings is 1. The molecule has 144 valence electrons. The summed E-state index contributed by atoms with van der Waals surface area (Å²) in [6.07, 6.45) is 8.06. The molecule has 1 aliphatic carbocycles. The lowest BCUT2D eigenvalue weighted by Gasteiger charge is -2.40. The van der Waals surface area contributed by atoms with Gasteiger partial charge in [0.1, 0.15) is 6.79 Å². The van der Waals surface area contributed by atoms with E-state index in [2.05, 4.69) is 47.8 Å². The van der Waals surface area contributed by atoms with Crippen LogP contribution in [0.4, 0.5) is 0 Å². The lowest BCUT2D eigenvalue weighted by molar-refractivity contribution is -0.0350. The summed E-state index contributed by atoms with van der Waals surface area (Å²) in [5, 5.41) is 0. The predicted octanol–water partition coefficient (Wildman–Crippen LogP) is 4.48. The van der Waals surface area contributed by atoms with E-state index in [1.54, 1.807) is 21.3 Å². The van der Waals surface area contributed by atoms with Gasteiger partial charge in [0.05, 0.1) is 24.9 Å². The zero-order chi connectivity index (χ0) is 18.5. The second-order valence-corrected chi connectivity index (χ2v) is 9.74. The first-order valence-corrected chi connectivity index (χ1v) is 10.9. The van der Waals surface area contributed by atoms with Gasteiger partial charge in [-0.25, -0.2) is 0 Å². The number of hydrogen-bond donors (Lipinski definition) is 0. The molecule has 0 saturated carbocycles. The first kappa shape index (κ1) is 19.9. The molecule has 0 N–H and O–H groups in total. The molecule has 0 amide bonds. The third kappa shape index (κ3) is 4.19. The molecule has 1 atom stereocenters. The Labute approximate surface area is 165 Å². The van der Waals surface area contributed by atoms with Crippen LogP contribution in [0.15, 0.2) is 30.4 Å². The molecule has 3 rings (SSSR count). The summed E-state index contributed by atoms with van der Waals surface area (Å²) in [4.78, 5) is 0. The highest BCUT2D eigenvalue weighted by Gasteiger charge is 2.42. The van der Waals surface area contributed by atoms with Crippen molar-refractivity contribution in [1.29, 1.82) is 0 Å². The van der Waals surface area contributed by atoms with Crippen molar-refractivity contribution in [3.05, 3.63) is 35.9 Å². The number of allylic oxidation sites excluding steroid dienone is 1. The van der Waals surface area contributed by atoms with E-state index in [0.717, 1.165) is 24.3 Å². The molecule has 1 saturated heterocycles. The van der Waals surface area contributed by atoms with Gasteiger partial charge in [-0.3, -0.25) is 0 Å². The zero-order valence-electron chi connectivity index (χ0n) is 15.8. The van der Waals surface area contributed by atoms with Crippen molar-refractivity contribution < 1.29 is 18.9 Å².